The molecule has 1 rings (SSSR count). The summed E-state index contributed by atoms with van der Waals surface area (Å²) in [7, 11) is 1.52. The molecule has 0 aliphatic heterocycles. The average Bonchev–Trinajstić information content (AvgIpc) is 2.25. The van der Waals surface area contributed by atoms with E-state index in [-0.39, 0.29) is 24.2 Å². The van der Waals surface area contributed by atoms with Gasteiger partial charge in [-0.15, -0.1) is 19.0 Å². The lowest BCUT2D eigenvalue weighted by Crippen LogP contribution is -2.09. The molecular weight excluding hydrogens is 226 g/mol. The maximum atomic E-state index is 9.56. The van der Waals surface area contributed by atoms with Gasteiger partial charge in [-0.2, -0.15) is 0 Å². The van der Waals surface area contributed by atoms with Crippen LogP contribution in [0.25, 0.3) is 0 Å². The maximum Gasteiger partial charge on any atom is 0.160 e. The number of aromatic hydroxyl groups is 1. The number of ether oxygens (including phenoxy) is 1. The minimum atomic E-state index is -0.0696. The predicted molar refractivity (Wildman–Crippen MR) is 68.3 cm³/mol. The second-order valence-electron chi connectivity index (χ2n) is 3.40. The maximum absolute atomic E-state index is 9.56. The first-order valence-corrected chi connectivity index (χ1v) is 4.92. The van der Waals surface area contributed by atoms with Crippen LogP contribution in [0.15, 0.2) is 30.9 Å². The molecule has 1 atom stereocenters. The van der Waals surface area contributed by atoms with E-state index in [1.807, 2.05) is 12.1 Å². The van der Waals surface area contributed by atoms with Gasteiger partial charge in [0.05, 0.1) is 7.11 Å². The summed E-state index contributed by atoms with van der Waals surface area (Å²) in [6.45, 7) is 3.65. The lowest BCUT2D eigenvalue weighted by molar-refractivity contribution is 0.372. The second-order valence-corrected chi connectivity index (χ2v) is 3.40. The quantitative estimate of drug-likeness (QED) is 0.782. The fraction of sp³-hybridized carbons (Fsp3) is 0.333. The van der Waals surface area contributed by atoms with Crippen LogP contribution in [-0.4, -0.2) is 12.2 Å². The number of phenols is 1. The van der Waals surface area contributed by atoms with E-state index < -0.39 is 0 Å². The van der Waals surface area contributed by atoms with Crippen molar-refractivity contribution >= 4 is 12.4 Å². The Hall–Kier alpha value is -1.19. The summed E-state index contributed by atoms with van der Waals surface area (Å²) >= 11 is 0. The molecule has 1 aromatic rings. The van der Waals surface area contributed by atoms with Gasteiger partial charge in [0, 0.05) is 6.04 Å². The smallest absolute Gasteiger partial charge is 0.160 e. The van der Waals surface area contributed by atoms with Gasteiger partial charge in [0.25, 0.3) is 0 Å². The van der Waals surface area contributed by atoms with Gasteiger partial charge >= 0.3 is 0 Å². The molecule has 4 heteroatoms. The van der Waals surface area contributed by atoms with Crippen molar-refractivity contribution in [2.24, 2.45) is 5.73 Å². The van der Waals surface area contributed by atoms with Crippen molar-refractivity contribution in [2.75, 3.05) is 7.11 Å². The highest BCUT2D eigenvalue weighted by Crippen LogP contribution is 2.29. The van der Waals surface area contributed by atoms with E-state index in [0.717, 1.165) is 18.4 Å². The summed E-state index contributed by atoms with van der Waals surface area (Å²) in [5.74, 6) is 0.596. The van der Waals surface area contributed by atoms with Crippen molar-refractivity contribution in [3.05, 3.63) is 36.4 Å². The molecule has 0 saturated carbocycles. The van der Waals surface area contributed by atoms with Crippen LogP contribution in [0.1, 0.15) is 24.4 Å². The van der Waals surface area contributed by atoms with Gasteiger partial charge in [-0.25, -0.2) is 0 Å². The van der Waals surface area contributed by atoms with E-state index >= 15 is 0 Å². The molecule has 0 unspecified atom stereocenters. The molecule has 0 aliphatic rings. The third-order valence-corrected chi connectivity index (χ3v) is 2.31. The average molecular weight is 244 g/mol. The summed E-state index contributed by atoms with van der Waals surface area (Å²) in [6.07, 6.45) is 3.53. The Morgan fingerprint density at radius 3 is 2.75 bits per heavy atom. The number of phenolic OH excluding ortho intramolecular Hbond substituents is 1. The standard InChI is InChI=1S/C12H17NO2.ClH/c1-3-4-5-10(13)9-6-7-12(15-2)11(14)8-9;/h3,6-8,10,14H,1,4-5,13H2,2H3;1H/t10-;/m0./s1. The van der Waals surface area contributed by atoms with Crippen LogP contribution < -0.4 is 10.5 Å². The highest BCUT2D eigenvalue weighted by Gasteiger charge is 2.08. The summed E-state index contributed by atoms with van der Waals surface area (Å²) in [5, 5.41) is 9.56. The molecule has 0 fully saturated rings. The van der Waals surface area contributed by atoms with Crippen molar-refractivity contribution in [3.8, 4) is 11.5 Å². The summed E-state index contributed by atoms with van der Waals surface area (Å²) in [6, 6.07) is 5.16. The van der Waals surface area contributed by atoms with E-state index in [2.05, 4.69) is 6.58 Å². The zero-order chi connectivity index (χ0) is 11.3. The van der Waals surface area contributed by atoms with E-state index in [0.29, 0.717) is 5.75 Å². The Balaban J connectivity index is 0.00000225. The van der Waals surface area contributed by atoms with Crippen molar-refractivity contribution in [1.82, 2.24) is 0 Å². The Kier molecular flexibility index (Phi) is 6.61. The van der Waals surface area contributed by atoms with Crippen molar-refractivity contribution in [1.29, 1.82) is 0 Å². The zero-order valence-electron chi connectivity index (χ0n) is 9.35. The van der Waals surface area contributed by atoms with E-state index in [1.54, 1.807) is 12.1 Å². The third-order valence-electron chi connectivity index (χ3n) is 2.31. The number of allylic oxidation sites excluding steroid dienone is 1. The SMILES string of the molecule is C=CCC[C@H](N)c1ccc(OC)c(O)c1.Cl. The highest BCUT2D eigenvalue weighted by atomic mass is 35.5. The zero-order valence-corrected chi connectivity index (χ0v) is 10.2. The second kappa shape index (κ2) is 7.14. The molecule has 0 radical (unpaired) electrons. The first-order chi connectivity index (χ1) is 7.19. The molecule has 0 bridgehead atoms. The van der Waals surface area contributed by atoms with Crippen molar-refractivity contribution in [2.45, 2.75) is 18.9 Å². The van der Waals surface area contributed by atoms with Gasteiger partial charge in [0.15, 0.2) is 11.5 Å². The molecule has 0 saturated heterocycles. The van der Waals surface area contributed by atoms with Gasteiger partial charge in [-0.05, 0) is 30.5 Å². The van der Waals surface area contributed by atoms with Crippen LogP contribution in [-0.2, 0) is 0 Å². The Morgan fingerprint density at radius 1 is 1.56 bits per heavy atom. The highest BCUT2D eigenvalue weighted by molar-refractivity contribution is 5.85. The predicted octanol–water partition coefficient (Wildman–Crippen LogP) is 2.79. The lowest BCUT2D eigenvalue weighted by Gasteiger charge is -2.12. The molecule has 3 nitrogen and oxygen atoms in total. The van der Waals surface area contributed by atoms with Gasteiger partial charge in [-0.3, -0.25) is 0 Å². The first kappa shape index (κ1) is 14.8. The largest absolute Gasteiger partial charge is 0.504 e. The van der Waals surface area contributed by atoms with Gasteiger partial charge < -0.3 is 15.6 Å². The number of hydrogen-bond acceptors (Lipinski definition) is 3. The number of rotatable bonds is 5. The number of hydrogen-bond donors (Lipinski definition) is 2. The Labute approximate surface area is 102 Å². The van der Waals surface area contributed by atoms with Crippen LogP contribution in [0.2, 0.25) is 0 Å². The minimum Gasteiger partial charge on any atom is -0.504 e. The molecule has 3 N–H and O–H groups in total. The van der Waals surface area contributed by atoms with Gasteiger partial charge in [0.1, 0.15) is 0 Å². The third kappa shape index (κ3) is 3.76. The van der Waals surface area contributed by atoms with Crippen LogP contribution in [0, 0.1) is 0 Å². The molecular formula is C12H18ClNO2. The summed E-state index contributed by atoms with van der Waals surface area (Å²) < 4.78 is 4.95. The fourth-order valence-electron chi connectivity index (χ4n) is 1.40. The number of nitrogens with two attached hydrogens (primary N) is 1. The van der Waals surface area contributed by atoms with E-state index in [1.165, 1.54) is 7.11 Å². The van der Waals surface area contributed by atoms with Crippen molar-refractivity contribution < 1.29 is 9.84 Å². The van der Waals surface area contributed by atoms with E-state index in [4.69, 9.17) is 10.5 Å². The normalized spacial score (nSPS) is 11.4. The Morgan fingerprint density at radius 2 is 2.25 bits per heavy atom. The molecule has 1 aromatic carbocycles. The molecule has 0 spiro atoms. The topological polar surface area (TPSA) is 55.5 Å². The molecule has 0 aromatic heterocycles. The van der Waals surface area contributed by atoms with Gasteiger partial charge in [0.2, 0.25) is 0 Å². The minimum absolute atomic E-state index is 0. The van der Waals surface area contributed by atoms with Crippen LogP contribution >= 0.6 is 12.4 Å². The lowest BCUT2D eigenvalue weighted by atomic mass is 10.0. The summed E-state index contributed by atoms with van der Waals surface area (Å²) in [5.41, 5.74) is 6.85. The van der Waals surface area contributed by atoms with E-state index in [9.17, 15) is 5.11 Å². The van der Waals surface area contributed by atoms with Crippen LogP contribution in [0.4, 0.5) is 0 Å². The number of halogens is 1. The van der Waals surface area contributed by atoms with Gasteiger partial charge in [-0.1, -0.05) is 12.1 Å². The first-order valence-electron chi connectivity index (χ1n) is 4.92. The van der Waals surface area contributed by atoms with Crippen LogP contribution in [0.5, 0.6) is 11.5 Å². The van der Waals surface area contributed by atoms with Crippen molar-refractivity contribution in [3.63, 3.8) is 0 Å². The molecule has 0 aliphatic carbocycles. The molecule has 90 valence electrons. The number of methoxy groups -OCH3 is 1. The Bertz CT molecular complexity index is 342. The molecule has 0 heterocycles. The molecule has 16 heavy (non-hydrogen) atoms. The summed E-state index contributed by atoms with van der Waals surface area (Å²) in [4.78, 5) is 0. The molecule has 0 amide bonds. The van der Waals surface area contributed by atoms with Crippen LogP contribution in [0.3, 0.4) is 0 Å². The fourth-order valence-corrected chi connectivity index (χ4v) is 1.40. The number of benzene rings is 1. The monoisotopic (exact) mass is 243 g/mol.